The monoisotopic (exact) mass is 340 g/mol. The van der Waals surface area contributed by atoms with E-state index < -0.39 is 0 Å². The molecule has 0 spiro atoms. The fraction of sp³-hybridized carbons (Fsp3) is 0.111. The molecule has 0 atom stereocenters. The van der Waals surface area contributed by atoms with Crippen molar-refractivity contribution >= 4 is 29.3 Å². The number of carbonyl (C=O) groups excluding carboxylic acids is 1. The summed E-state index contributed by atoms with van der Waals surface area (Å²) in [4.78, 5) is 11.7. The van der Waals surface area contributed by atoms with Crippen LogP contribution in [0, 0.1) is 0 Å². The van der Waals surface area contributed by atoms with Gasteiger partial charge in [-0.1, -0.05) is 36.4 Å². The van der Waals surface area contributed by atoms with E-state index in [-0.39, 0.29) is 5.91 Å². The second-order valence-corrected chi connectivity index (χ2v) is 5.56. The van der Waals surface area contributed by atoms with Crippen molar-refractivity contribution in [3.05, 3.63) is 65.4 Å². The number of hydrogen-bond donors (Lipinski definition) is 2. The molecular formula is C18H16N2O3S. The van der Waals surface area contributed by atoms with Gasteiger partial charge in [0.15, 0.2) is 16.6 Å². The van der Waals surface area contributed by atoms with E-state index in [2.05, 4.69) is 10.6 Å². The maximum atomic E-state index is 11.7. The molecular weight excluding hydrogens is 324 g/mol. The van der Waals surface area contributed by atoms with E-state index in [0.717, 1.165) is 11.1 Å². The van der Waals surface area contributed by atoms with Crippen molar-refractivity contribution in [1.29, 1.82) is 0 Å². The summed E-state index contributed by atoms with van der Waals surface area (Å²) in [6.07, 6.45) is 1.71. The number of thiocarbonyl (C=S) groups is 1. The third kappa shape index (κ3) is 3.72. The van der Waals surface area contributed by atoms with Gasteiger partial charge in [-0.3, -0.25) is 10.1 Å². The topological polar surface area (TPSA) is 59.6 Å². The maximum absolute atomic E-state index is 11.7. The highest BCUT2D eigenvalue weighted by molar-refractivity contribution is 7.80. The average molecular weight is 340 g/mol. The second-order valence-electron chi connectivity index (χ2n) is 5.15. The molecule has 1 saturated heterocycles. The van der Waals surface area contributed by atoms with Crippen LogP contribution >= 0.6 is 12.2 Å². The predicted molar refractivity (Wildman–Crippen MR) is 95.6 cm³/mol. The number of methoxy groups -OCH3 is 1. The Morgan fingerprint density at radius 1 is 1.08 bits per heavy atom. The van der Waals surface area contributed by atoms with Crippen molar-refractivity contribution in [2.24, 2.45) is 0 Å². The number of carbonyl (C=O) groups is 1. The van der Waals surface area contributed by atoms with Gasteiger partial charge in [0.05, 0.1) is 7.11 Å². The van der Waals surface area contributed by atoms with Crippen molar-refractivity contribution < 1.29 is 14.3 Å². The molecule has 1 fully saturated rings. The third-order valence-corrected chi connectivity index (χ3v) is 3.66. The normalized spacial score (nSPS) is 15.1. The van der Waals surface area contributed by atoms with E-state index in [0.29, 0.717) is 28.9 Å². The van der Waals surface area contributed by atoms with Gasteiger partial charge in [0.2, 0.25) is 0 Å². The molecule has 0 aromatic heterocycles. The maximum Gasteiger partial charge on any atom is 0.273 e. The molecule has 1 aliphatic heterocycles. The number of nitrogens with one attached hydrogen (secondary N) is 2. The molecule has 5 nitrogen and oxygen atoms in total. The Hall–Kier alpha value is -2.86. The molecule has 1 heterocycles. The van der Waals surface area contributed by atoms with Crippen LogP contribution < -0.4 is 20.1 Å². The summed E-state index contributed by atoms with van der Waals surface area (Å²) < 4.78 is 11.2. The van der Waals surface area contributed by atoms with Crippen molar-refractivity contribution in [2.45, 2.75) is 6.61 Å². The van der Waals surface area contributed by atoms with Crippen LogP contribution in [-0.2, 0) is 11.4 Å². The molecule has 2 aromatic carbocycles. The van der Waals surface area contributed by atoms with Crippen molar-refractivity contribution in [3.63, 3.8) is 0 Å². The fourth-order valence-corrected chi connectivity index (χ4v) is 2.48. The van der Waals surface area contributed by atoms with Gasteiger partial charge in [0.25, 0.3) is 5.91 Å². The molecule has 3 rings (SSSR count). The van der Waals surface area contributed by atoms with Crippen LogP contribution in [0.15, 0.2) is 54.2 Å². The molecule has 0 unspecified atom stereocenters. The Balaban J connectivity index is 1.81. The lowest BCUT2D eigenvalue weighted by molar-refractivity contribution is -0.115. The Labute approximate surface area is 145 Å². The number of benzene rings is 2. The minimum absolute atomic E-state index is 0.248. The second kappa shape index (κ2) is 7.14. The lowest BCUT2D eigenvalue weighted by atomic mass is 10.1. The summed E-state index contributed by atoms with van der Waals surface area (Å²) in [7, 11) is 1.59. The highest BCUT2D eigenvalue weighted by Gasteiger charge is 2.20. The zero-order valence-corrected chi connectivity index (χ0v) is 13.9. The van der Waals surface area contributed by atoms with Crippen molar-refractivity contribution in [2.75, 3.05) is 7.11 Å². The zero-order valence-electron chi connectivity index (χ0n) is 13.0. The minimum Gasteiger partial charge on any atom is -0.493 e. The van der Waals surface area contributed by atoms with Gasteiger partial charge in [0.1, 0.15) is 12.3 Å². The van der Waals surface area contributed by atoms with Gasteiger partial charge >= 0.3 is 0 Å². The minimum atomic E-state index is -0.248. The van der Waals surface area contributed by atoms with Crippen LogP contribution in [0.2, 0.25) is 0 Å². The standard InChI is InChI=1S/C18H16N2O3S/c1-22-15-8-7-13(9-14-17(21)20-18(24)19-14)10-16(15)23-11-12-5-3-2-4-6-12/h2-10H,11H2,1H3,(H2,19,20,21,24)/b14-9-. The smallest absolute Gasteiger partial charge is 0.273 e. The first-order chi connectivity index (χ1) is 11.7. The van der Waals surface area contributed by atoms with E-state index in [1.165, 1.54) is 0 Å². The molecule has 1 amide bonds. The number of hydrogen-bond acceptors (Lipinski definition) is 4. The first-order valence-electron chi connectivity index (χ1n) is 7.34. The summed E-state index contributed by atoms with van der Waals surface area (Å²) in [6, 6.07) is 15.3. The summed E-state index contributed by atoms with van der Waals surface area (Å²) in [5, 5.41) is 5.65. The van der Waals surface area contributed by atoms with Crippen LogP contribution in [0.4, 0.5) is 0 Å². The van der Waals surface area contributed by atoms with E-state index in [1.807, 2.05) is 42.5 Å². The van der Waals surface area contributed by atoms with Gasteiger partial charge in [0, 0.05) is 0 Å². The van der Waals surface area contributed by atoms with Gasteiger partial charge in [-0.15, -0.1) is 0 Å². The van der Waals surface area contributed by atoms with Crippen LogP contribution in [0.5, 0.6) is 11.5 Å². The SMILES string of the molecule is COc1ccc(/C=C2\NC(=S)NC2=O)cc1OCc1ccccc1. The molecule has 122 valence electrons. The Kier molecular flexibility index (Phi) is 4.77. The van der Waals surface area contributed by atoms with Gasteiger partial charge in [-0.25, -0.2) is 0 Å². The summed E-state index contributed by atoms with van der Waals surface area (Å²) in [5.74, 6) is 0.992. The summed E-state index contributed by atoms with van der Waals surface area (Å²) >= 11 is 4.92. The van der Waals surface area contributed by atoms with E-state index in [1.54, 1.807) is 19.3 Å². The first-order valence-corrected chi connectivity index (χ1v) is 7.75. The molecule has 0 aliphatic carbocycles. The fourth-order valence-electron chi connectivity index (χ4n) is 2.28. The number of ether oxygens (including phenoxy) is 2. The molecule has 1 aliphatic rings. The molecule has 0 radical (unpaired) electrons. The molecule has 6 heteroatoms. The van der Waals surface area contributed by atoms with E-state index in [4.69, 9.17) is 21.7 Å². The highest BCUT2D eigenvalue weighted by atomic mass is 32.1. The van der Waals surface area contributed by atoms with Crippen LogP contribution in [-0.4, -0.2) is 18.1 Å². The molecule has 24 heavy (non-hydrogen) atoms. The zero-order chi connectivity index (χ0) is 16.9. The first kappa shape index (κ1) is 16.0. The van der Waals surface area contributed by atoms with E-state index in [9.17, 15) is 4.79 Å². The lowest BCUT2D eigenvalue weighted by Gasteiger charge is -2.11. The van der Waals surface area contributed by atoms with E-state index >= 15 is 0 Å². The van der Waals surface area contributed by atoms with Gasteiger partial charge < -0.3 is 14.8 Å². The molecule has 2 N–H and O–H groups in total. The Bertz CT molecular complexity index is 803. The quantitative estimate of drug-likeness (QED) is 0.647. The van der Waals surface area contributed by atoms with Crippen LogP contribution in [0.1, 0.15) is 11.1 Å². The van der Waals surface area contributed by atoms with Crippen molar-refractivity contribution in [3.8, 4) is 11.5 Å². The largest absolute Gasteiger partial charge is 0.493 e. The molecule has 2 aromatic rings. The highest BCUT2D eigenvalue weighted by Crippen LogP contribution is 2.29. The van der Waals surface area contributed by atoms with Crippen LogP contribution in [0.25, 0.3) is 6.08 Å². The van der Waals surface area contributed by atoms with Gasteiger partial charge in [-0.05, 0) is 41.6 Å². The molecule has 0 saturated carbocycles. The molecule has 0 bridgehead atoms. The average Bonchev–Trinajstić information content (AvgIpc) is 2.91. The Morgan fingerprint density at radius 3 is 2.54 bits per heavy atom. The third-order valence-electron chi connectivity index (χ3n) is 3.46. The van der Waals surface area contributed by atoms with Crippen molar-refractivity contribution in [1.82, 2.24) is 10.6 Å². The summed E-state index contributed by atoms with van der Waals surface area (Å²) in [5.41, 5.74) is 2.27. The number of rotatable bonds is 5. The lowest BCUT2D eigenvalue weighted by Crippen LogP contribution is -2.21. The summed E-state index contributed by atoms with van der Waals surface area (Å²) in [6.45, 7) is 0.431. The van der Waals surface area contributed by atoms with Gasteiger partial charge in [-0.2, -0.15) is 0 Å². The Morgan fingerprint density at radius 2 is 1.88 bits per heavy atom. The predicted octanol–water partition coefficient (Wildman–Crippen LogP) is 2.62. The van der Waals surface area contributed by atoms with Crippen LogP contribution in [0.3, 0.4) is 0 Å². The number of amides is 1.